The highest BCUT2D eigenvalue weighted by atomic mass is 32.2. The second-order valence-corrected chi connectivity index (χ2v) is 11.6. The Hall–Kier alpha value is -1.08. The summed E-state index contributed by atoms with van der Waals surface area (Å²) in [4.78, 5) is 16.0. The van der Waals surface area contributed by atoms with Crippen LogP contribution in [0.4, 0.5) is 5.95 Å². The second kappa shape index (κ2) is 6.98. The number of aromatic nitrogens is 3. The molecule has 7 heteroatoms. The van der Waals surface area contributed by atoms with Crippen LogP contribution in [0.2, 0.25) is 0 Å². The quantitative estimate of drug-likeness (QED) is 0.659. The van der Waals surface area contributed by atoms with Crippen LogP contribution in [-0.2, 0) is 9.53 Å². The maximum absolute atomic E-state index is 13.7. The Kier molecular flexibility index (Phi) is 4.49. The van der Waals surface area contributed by atoms with Crippen molar-refractivity contribution in [1.29, 1.82) is 0 Å². The van der Waals surface area contributed by atoms with E-state index in [0.29, 0.717) is 11.8 Å². The molecule has 29 heavy (non-hydrogen) atoms. The smallest absolute Gasteiger partial charge is 0.228 e. The van der Waals surface area contributed by atoms with Crippen molar-refractivity contribution in [2.24, 2.45) is 23.2 Å². The van der Waals surface area contributed by atoms with E-state index in [0.717, 1.165) is 74.4 Å². The van der Waals surface area contributed by atoms with Gasteiger partial charge in [-0.3, -0.25) is 9.36 Å². The number of hydrogen-bond acceptors (Lipinski definition) is 6. The Morgan fingerprint density at radius 3 is 2.28 bits per heavy atom. The fourth-order valence-corrected chi connectivity index (χ4v) is 8.14. The molecular formula is C22H32N4O2S. The maximum atomic E-state index is 13.7. The summed E-state index contributed by atoms with van der Waals surface area (Å²) in [5.41, 5.74) is -0.0291. The third-order valence-corrected chi connectivity index (χ3v) is 9.12. The van der Waals surface area contributed by atoms with Crippen molar-refractivity contribution in [2.45, 2.75) is 74.7 Å². The molecule has 1 atom stereocenters. The third kappa shape index (κ3) is 3.23. The van der Waals surface area contributed by atoms with Gasteiger partial charge in [0, 0.05) is 24.5 Å². The molecule has 5 aliphatic carbocycles. The molecule has 1 aromatic rings. The molecule has 1 aliphatic heterocycles. The molecule has 4 bridgehead atoms. The van der Waals surface area contributed by atoms with E-state index in [4.69, 9.17) is 4.74 Å². The molecule has 1 saturated heterocycles. The molecule has 1 aromatic heterocycles. The first-order valence-electron chi connectivity index (χ1n) is 11.6. The van der Waals surface area contributed by atoms with Crippen molar-refractivity contribution in [1.82, 2.24) is 14.8 Å². The summed E-state index contributed by atoms with van der Waals surface area (Å²) < 4.78 is 7.83. The van der Waals surface area contributed by atoms with Crippen molar-refractivity contribution >= 4 is 23.5 Å². The van der Waals surface area contributed by atoms with Crippen LogP contribution in [0.25, 0.3) is 0 Å². The Morgan fingerprint density at radius 2 is 1.69 bits per heavy atom. The summed E-state index contributed by atoms with van der Waals surface area (Å²) in [7, 11) is 0. The van der Waals surface area contributed by atoms with Crippen LogP contribution >= 0.6 is 11.8 Å². The van der Waals surface area contributed by atoms with Gasteiger partial charge >= 0.3 is 0 Å². The van der Waals surface area contributed by atoms with Gasteiger partial charge < -0.3 is 9.64 Å². The predicted molar refractivity (Wildman–Crippen MR) is 112 cm³/mol. The van der Waals surface area contributed by atoms with Gasteiger partial charge in [-0.25, -0.2) is 0 Å². The predicted octanol–water partition coefficient (Wildman–Crippen LogP) is 3.72. The van der Waals surface area contributed by atoms with Gasteiger partial charge in [0.1, 0.15) is 0 Å². The normalized spacial score (nSPS) is 37.1. The molecule has 0 aromatic carbocycles. The van der Waals surface area contributed by atoms with Crippen LogP contribution < -0.4 is 4.90 Å². The SMILES string of the molecule is CC(Sc1nnc(N2CCOCC2)n1C1CC1)C(=O)C12CC3CC(CC(C3)C1)C2. The number of morpholine rings is 1. The molecule has 158 valence electrons. The van der Waals surface area contributed by atoms with Gasteiger partial charge in [-0.2, -0.15) is 0 Å². The van der Waals surface area contributed by atoms with Crippen molar-refractivity contribution < 1.29 is 9.53 Å². The highest BCUT2D eigenvalue weighted by Gasteiger charge is 2.55. The Bertz CT molecular complexity index is 763. The molecule has 0 amide bonds. The number of ketones is 1. The summed E-state index contributed by atoms with van der Waals surface area (Å²) >= 11 is 1.66. The Balaban J connectivity index is 1.22. The van der Waals surface area contributed by atoms with Gasteiger partial charge in [0.15, 0.2) is 10.9 Å². The minimum absolute atomic E-state index is 0.0291. The summed E-state index contributed by atoms with van der Waals surface area (Å²) in [6.45, 7) is 5.36. The average Bonchev–Trinajstić information content (AvgIpc) is 3.47. The summed E-state index contributed by atoms with van der Waals surface area (Å²) in [5.74, 6) is 3.91. The number of carbonyl (C=O) groups excluding carboxylic acids is 1. The fourth-order valence-electron chi connectivity index (χ4n) is 7.04. The van der Waals surface area contributed by atoms with Crippen molar-refractivity contribution in [3.63, 3.8) is 0 Å². The highest BCUT2D eigenvalue weighted by molar-refractivity contribution is 8.00. The largest absolute Gasteiger partial charge is 0.378 e. The van der Waals surface area contributed by atoms with Gasteiger partial charge in [0.2, 0.25) is 5.95 Å². The molecule has 0 spiro atoms. The number of hydrogen-bond donors (Lipinski definition) is 0. The fraction of sp³-hybridized carbons (Fsp3) is 0.864. The highest BCUT2D eigenvalue weighted by Crippen LogP contribution is 2.61. The lowest BCUT2D eigenvalue weighted by atomic mass is 9.48. The van der Waals surface area contributed by atoms with Gasteiger partial charge in [-0.05, 0) is 76.0 Å². The second-order valence-electron chi connectivity index (χ2n) is 10.3. The summed E-state index contributed by atoms with van der Waals surface area (Å²) in [5, 5.41) is 10.0. The van der Waals surface area contributed by atoms with Crippen molar-refractivity contribution in [3.05, 3.63) is 0 Å². The minimum atomic E-state index is -0.0366. The van der Waals surface area contributed by atoms with E-state index in [1.54, 1.807) is 11.8 Å². The van der Waals surface area contributed by atoms with E-state index in [-0.39, 0.29) is 10.7 Å². The average molecular weight is 417 g/mol. The zero-order valence-corrected chi connectivity index (χ0v) is 18.2. The van der Waals surface area contributed by atoms with E-state index in [1.165, 1.54) is 32.1 Å². The van der Waals surface area contributed by atoms with Crippen molar-refractivity contribution in [2.75, 3.05) is 31.2 Å². The number of rotatable bonds is 6. The van der Waals surface area contributed by atoms with Gasteiger partial charge in [0.25, 0.3) is 0 Å². The number of nitrogens with zero attached hydrogens (tertiary/aromatic N) is 4. The zero-order chi connectivity index (χ0) is 19.6. The first-order chi connectivity index (χ1) is 14.1. The summed E-state index contributed by atoms with van der Waals surface area (Å²) in [6, 6.07) is 0.507. The van der Waals surface area contributed by atoms with Gasteiger partial charge in [0.05, 0.1) is 18.5 Å². The molecule has 0 radical (unpaired) electrons. The Labute approximate surface area is 177 Å². The first kappa shape index (κ1) is 18.7. The Morgan fingerprint density at radius 1 is 1.07 bits per heavy atom. The minimum Gasteiger partial charge on any atom is -0.378 e. The van der Waals surface area contributed by atoms with Crippen LogP contribution in [0.1, 0.15) is 64.3 Å². The molecular weight excluding hydrogens is 384 g/mol. The number of Topliss-reactive ketones (excluding diaryl/α,β-unsaturated/α-hetero) is 1. The topological polar surface area (TPSA) is 60.2 Å². The van der Waals surface area contributed by atoms with Crippen LogP contribution in [0.15, 0.2) is 5.16 Å². The van der Waals surface area contributed by atoms with Crippen LogP contribution in [0.3, 0.4) is 0 Å². The van der Waals surface area contributed by atoms with Crippen LogP contribution in [0.5, 0.6) is 0 Å². The number of thioether (sulfide) groups is 1. The molecule has 1 unspecified atom stereocenters. The van der Waals surface area contributed by atoms with E-state index >= 15 is 0 Å². The molecule has 6 aliphatic rings. The van der Waals surface area contributed by atoms with Crippen LogP contribution in [0, 0.1) is 23.2 Å². The molecule has 0 N–H and O–H groups in total. The first-order valence-corrected chi connectivity index (χ1v) is 12.5. The monoisotopic (exact) mass is 416 g/mol. The van der Waals surface area contributed by atoms with E-state index < -0.39 is 0 Å². The summed E-state index contributed by atoms with van der Waals surface area (Å²) in [6.07, 6.45) is 9.98. The van der Waals surface area contributed by atoms with Crippen molar-refractivity contribution in [3.8, 4) is 0 Å². The third-order valence-electron chi connectivity index (χ3n) is 8.06. The number of carbonyl (C=O) groups is 1. The number of anilines is 1. The standard InChI is InChI=1S/C22H32N4O2S/c1-14(19(27)22-11-15-8-16(12-22)10-17(9-15)13-22)29-21-24-23-20(26(21)18-2-3-18)25-4-6-28-7-5-25/h14-18H,2-13H2,1H3. The molecule has 6 nitrogen and oxygen atoms in total. The lowest BCUT2D eigenvalue weighted by molar-refractivity contribution is -0.143. The lowest BCUT2D eigenvalue weighted by Crippen LogP contribution is -2.51. The molecule has 7 rings (SSSR count). The zero-order valence-electron chi connectivity index (χ0n) is 17.4. The van der Waals surface area contributed by atoms with E-state index in [2.05, 4.69) is 26.6 Å². The van der Waals surface area contributed by atoms with Gasteiger partial charge in [-0.1, -0.05) is 11.8 Å². The van der Waals surface area contributed by atoms with Crippen LogP contribution in [-0.4, -0.2) is 52.1 Å². The number of ether oxygens (including phenoxy) is 1. The molecule has 5 saturated carbocycles. The molecule has 6 fully saturated rings. The molecule has 2 heterocycles. The van der Waals surface area contributed by atoms with E-state index in [9.17, 15) is 4.79 Å². The van der Waals surface area contributed by atoms with E-state index in [1.807, 2.05) is 0 Å². The lowest BCUT2D eigenvalue weighted by Gasteiger charge is -2.56. The maximum Gasteiger partial charge on any atom is 0.228 e. The van der Waals surface area contributed by atoms with Gasteiger partial charge in [-0.15, -0.1) is 10.2 Å².